The van der Waals surface area contributed by atoms with E-state index in [0.29, 0.717) is 22.9 Å². The van der Waals surface area contributed by atoms with Crippen molar-refractivity contribution >= 4 is 17.6 Å². The Hall–Kier alpha value is -1.66. The minimum Gasteiger partial charge on any atom is -0.495 e. The highest BCUT2D eigenvalue weighted by atomic mass is 35.5. The fraction of sp³-hybridized carbons (Fsp3) is 0.250. The van der Waals surface area contributed by atoms with Crippen LogP contribution >= 0.6 is 11.6 Å². The van der Waals surface area contributed by atoms with Crippen molar-refractivity contribution in [1.29, 1.82) is 0 Å². The highest BCUT2D eigenvalue weighted by Gasteiger charge is 2.00. The molecule has 0 unspecified atom stereocenters. The van der Waals surface area contributed by atoms with Crippen LogP contribution in [0.25, 0.3) is 0 Å². The Balaban J connectivity index is 2.85. The molecule has 3 nitrogen and oxygen atoms in total. The van der Waals surface area contributed by atoms with Crippen LogP contribution in [-0.4, -0.2) is 19.7 Å². The van der Waals surface area contributed by atoms with Crippen LogP contribution in [0.2, 0.25) is 5.02 Å². The zero-order chi connectivity index (χ0) is 12.0. The van der Waals surface area contributed by atoms with E-state index in [0.717, 1.165) is 0 Å². The van der Waals surface area contributed by atoms with E-state index in [1.54, 1.807) is 25.1 Å². The molecule has 0 heterocycles. The van der Waals surface area contributed by atoms with Crippen molar-refractivity contribution in [1.82, 2.24) is 0 Å². The van der Waals surface area contributed by atoms with Crippen LogP contribution in [0.5, 0.6) is 5.75 Å². The highest BCUT2D eigenvalue weighted by molar-refractivity contribution is 6.32. The van der Waals surface area contributed by atoms with E-state index < -0.39 is 5.97 Å². The van der Waals surface area contributed by atoms with Gasteiger partial charge in [0.25, 0.3) is 0 Å². The summed E-state index contributed by atoms with van der Waals surface area (Å²) in [5.74, 6) is 5.01. The van der Waals surface area contributed by atoms with Gasteiger partial charge in [0, 0.05) is 11.5 Å². The second kappa shape index (κ2) is 6.04. The monoisotopic (exact) mass is 238 g/mol. The molecule has 0 fully saturated rings. The van der Waals surface area contributed by atoms with E-state index >= 15 is 0 Å². The highest BCUT2D eigenvalue weighted by Crippen LogP contribution is 2.24. The molecule has 0 N–H and O–H groups in total. The van der Waals surface area contributed by atoms with Crippen LogP contribution in [0, 0.1) is 11.8 Å². The fourth-order valence-electron chi connectivity index (χ4n) is 1.03. The van der Waals surface area contributed by atoms with Crippen molar-refractivity contribution in [2.45, 2.75) is 6.92 Å². The van der Waals surface area contributed by atoms with Gasteiger partial charge in [-0.05, 0) is 25.1 Å². The van der Waals surface area contributed by atoms with Crippen molar-refractivity contribution in [3.63, 3.8) is 0 Å². The molecule has 0 bridgehead atoms. The molecular weight excluding hydrogens is 228 g/mol. The number of ether oxygens (including phenoxy) is 2. The van der Waals surface area contributed by atoms with Gasteiger partial charge in [-0.15, -0.1) is 0 Å². The van der Waals surface area contributed by atoms with Gasteiger partial charge in [0.1, 0.15) is 5.75 Å². The van der Waals surface area contributed by atoms with Crippen LogP contribution in [0.1, 0.15) is 12.5 Å². The minimum absolute atomic E-state index is 0.317. The number of halogens is 1. The summed E-state index contributed by atoms with van der Waals surface area (Å²) in [6, 6.07) is 5.03. The van der Waals surface area contributed by atoms with Gasteiger partial charge in [-0.3, -0.25) is 0 Å². The molecule has 16 heavy (non-hydrogen) atoms. The van der Waals surface area contributed by atoms with Gasteiger partial charge in [-0.2, -0.15) is 0 Å². The largest absolute Gasteiger partial charge is 0.495 e. The maximum Gasteiger partial charge on any atom is 0.384 e. The van der Waals surface area contributed by atoms with E-state index in [1.165, 1.54) is 7.11 Å². The van der Waals surface area contributed by atoms with Crippen molar-refractivity contribution in [3.05, 3.63) is 28.8 Å². The van der Waals surface area contributed by atoms with Crippen molar-refractivity contribution in [2.75, 3.05) is 13.7 Å². The molecule has 1 aromatic carbocycles. The summed E-state index contributed by atoms with van der Waals surface area (Å²) >= 11 is 5.84. The molecule has 84 valence electrons. The predicted octanol–water partition coefficient (Wildman–Crippen LogP) is 2.26. The Morgan fingerprint density at radius 1 is 1.50 bits per heavy atom. The lowest BCUT2D eigenvalue weighted by atomic mass is 10.2. The zero-order valence-corrected chi connectivity index (χ0v) is 9.80. The number of hydrogen-bond acceptors (Lipinski definition) is 3. The zero-order valence-electron chi connectivity index (χ0n) is 9.04. The smallest absolute Gasteiger partial charge is 0.384 e. The number of carbonyl (C=O) groups is 1. The third-order valence-electron chi connectivity index (χ3n) is 1.74. The van der Waals surface area contributed by atoms with E-state index in [1.807, 2.05) is 0 Å². The lowest BCUT2D eigenvalue weighted by Gasteiger charge is -2.01. The number of rotatable bonds is 2. The first kappa shape index (κ1) is 12.4. The summed E-state index contributed by atoms with van der Waals surface area (Å²) in [6.45, 7) is 2.04. The molecule has 0 aromatic heterocycles. The lowest BCUT2D eigenvalue weighted by Crippen LogP contribution is -1.99. The van der Waals surface area contributed by atoms with Crippen LogP contribution in [0.4, 0.5) is 0 Å². The lowest BCUT2D eigenvalue weighted by molar-refractivity contribution is -0.136. The van der Waals surface area contributed by atoms with Gasteiger partial charge in [0.05, 0.1) is 18.7 Å². The van der Waals surface area contributed by atoms with Gasteiger partial charge >= 0.3 is 5.97 Å². The van der Waals surface area contributed by atoms with Crippen molar-refractivity contribution < 1.29 is 14.3 Å². The number of esters is 1. The topological polar surface area (TPSA) is 35.5 Å². The van der Waals surface area contributed by atoms with E-state index in [9.17, 15) is 4.79 Å². The van der Waals surface area contributed by atoms with Crippen molar-refractivity contribution in [2.24, 2.45) is 0 Å². The van der Waals surface area contributed by atoms with Crippen molar-refractivity contribution in [3.8, 4) is 17.6 Å². The molecule has 1 rings (SSSR count). The average molecular weight is 239 g/mol. The van der Waals surface area contributed by atoms with E-state index in [2.05, 4.69) is 16.6 Å². The fourth-order valence-corrected chi connectivity index (χ4v) is 1.22. The first-order valence-electron chi connectivity index (χ1n) is 4.69. The standard InChI is InChI=1S/C12H11ClO3/c1-3-16-12(14)7-5-9-4-6-10(13)11(8-9)15-2/h4,6,8H,3H2,1-2H3. The maximum atomic E-state index is 11.0. The van der Waals surface area contributed by atoms with Gasteiger partial charge in [0.2, 0.25) is 0 Å². The van der Waals surface area contributed by atoms with E-state index in [4.69, 9.17) is 16.3 Å². The Bertz CT molecular complexity index is 443. The molecule has 0 radical (unpaired) electrons. The number of benzene rings is 1. The Labute approximate surface area is 99.3 Å². The van der Waals surface area contributed by atoms with Crippen LogP contribution in [0.15, 0.2) is 18.2 Å². The van der Waals surface area contributed by atoms with Crippen LogP contribution in [0.3, 0.4) is 0 Å². The number of hydrogen-bond donors (Lipinski definition) is 0. The first-order chi connectivity index (χ1) is 7.67. The van der Waals surface area contributed by atoms with Gasteiger partial charge in [-0.25, -0.2) is 4.79 Å². The molecule has 4 heteroatoms. The molecule has 0 amide bonds. The normalized spacial score (nSPS) is 8.94. The molecule has 0 aliphatic rings. The summed E-state index contributed by atoms with van der Waals surface area (Å²) in [4.78, 5) is 11.0. The molecule has 0 saturated carbocycles. The first-order valence-corrected chi connectivity index (χ1v) is 5.07. The Morgan fingerprint density at radius 2 is 2.25 bits per heavy atom. The Morgan fingerprint density at radius 3 is 2.88 bits per heavy atom. The van der Waals surface area contributed by atoms with Gasteiger partial charge in [0.15, 0.2) is 0 Å². The molecule has 0 aliphatic heterocycles. The van der Waals surface area contributed by atoms with Crippen LogP contribution in [-0.2, 0) is 9.53 Å². The Kier molecular flexibility index (Phi) is 4.68. The average Bonchev–Trinajstić information content (AvgIpc) is 2.28. The summed E-state index contributed by atoms with van der Waals surface area (Å²) in [5, 5.41) is 0.504. The minimum atomic E-state index is -0.545. The summed E-state index contributed by atoms with van der Waals surface area (Å²) < 4.78 is 9.70. The summed E-state index contributed by atoms with van der Waals surface area (Å²) in [6.07, 6.45) is 0. The molecule has 0 aliphatic carbocycles. The number of methoxy groups -OCH3 is 1. The molecule has 0 spiro atoms. The summed E-state index contributed by atoms with van der Waals surface area (Å²) in [7, 11) is 1.52. The van der Waals surface area contributed by atoms with Crippen LogP contribution < -0.4 is 4.74 Å². The number of carbonyl (C=O) groups excluding carboxylic acids is 1. The second-order valence-corrected chi connectivity index (χ2v) is 3.23. The third-order valence-corrected chi connectivity index (χ3v) is 2.05. The molecule has 0 saturated heterocycles. The molecular formula is C12H11ClO3. The third kappa shape index (κ3) is 3.48. The predicted molar refractivity (Wildman–Crippen MR) is 61.5 cm³/mol. The quantitative estimate of drug-likeness (QED) is 0.586. The SMILES string of the molecule is CCOC(=O)C#Cc1ccc(Cl)c(OC)c1. The van der Waals surface area contributed by atoms with Gasteiger partial charge < -0.3 is 9.47 Å². The molecule has 1 aromatic rings. The second-order valence-electron chi connectivity index (χ2n) is 2.82. The molecule has 0 atom stereocenters. The maximum absolute atomic E-state index is 11.0. The van der Waals surface area contributed by atoms with E-state index in [-0.39, 0.29) is 0 Å². The summed E-state index contributed by atoms with van der Waals surface area (Å²) in [5.41, 5.74) is 0.648. The van der Waals surface area contributed by atoms with Gasteiger partial charge in [-0.1, -0.05) is 17.5 Å².